The van der Waals surface area contributed by atoms with Gasteiger partial charge in [0.1, 0.15) is 12.4 Å². The van der Waals surface area contributed by atoms with Gasteiger partial charge in [-0.15, -0.1) is 11.8 Å². The van der Waals surface area contributed by atoms with E-state index in [4.69, 9.17) is 4.74 Å². The monoisotopic (exact) mass is 348 g/mol. The lowest BCUT2D eigenvalue weighted by atomic mass is 10.0. The van der Waals surface area contributed by atoms with E-state index in [-0.39, 0.29) is 5.78 Å². The summed E-state index contributed by atoms with van der Waals surface area (Å²) in [5.41, 5.74) is 3.80. The number of carbonyl (C=O) groups is 1. The molecule has 0 bridgehead atoms. The summed E-state index contributed by atoms with van der Waals surface area (Å²) in [5, 5.41) is 0. The molecule has 0 saturated heterocycles. The minimum atomic E-state index is 0.00523. The fourth-order valence-electron chi connectivity index (χ4n) is 2.63. The summed E-state index contributed by atoms with van der Waals surface area (Å²) in [6.07, 6.45) is 2.06. The van der Waals surface area contributed by atoms with E-state index in [1.807, 2.05) is 48.5 Å². The van der Waals surface area contributed by atoms with Gasteiger partial charge in [0.05, 0.1) is 5.56 Å². The number of hydrogen-bond donors (Lipinski definition) is 0. The summed E-state index contributed by atoms with van der Waals surface area (Å²) in [7, 11) is 0. The number of rotatable bonds is 6. The molecule has 0 aliphatic carbocycles. The highest BCUT2D eigenvalue weighted by molar-refractivity contribution is 7.98. The predicted octanol–water partition coefficient (Wildman–Crippen LogP) is 5.86. The van der Waals surface area contributed by atoms with E-state index in [9.17, 15) is 4.79 Å². The lowest BCUT2D eigenvalue weighted by Crippen LogP contribution is -2.02. The van der Waals surface area contributed by atoms with Gasteiger partial charge < -0.3 is 4.74 Å². The van der Waals surface area contributed by atoms with Crippen molar-refractivity contribution in [1.82, 2.24) is 0 Å². The Labute approximate surface area is 152 Å². The second kappa shape index (κ2) is 8.04. The summed E-state index contributed by atoms with van der Waals surface area (Å²) in [5.74, 6) is 0.631. The third-order valence-electron chi connectivity index (χ3n) is 4.02. The molecule has 0 heterocycles. The molecule has 0 radical (unpaired) electrons. The molecular weight excluding hydrogens is 328 g/mol. The van der Waals surface area contributed by atoms with Crippen LogP contribution in [0.2, 0.25) is 0 Å². The smallest absolute Gasteiger partial charge is 0.163 e. The summed E-state index contributed by atoms with van der Waals surface area (Å²) in [6.45, 7) is 2.02. The predicted molar refractivity (Wildman–Crippen MR) is 104 cm³/mol. The van der Waals surface area contributed by atoms with Gasteiger partial charge >= 0.3 is 0 Å². The molecule has 0 fully saturated rings. The number of thioether (sulfide) groups is 1. The molecule has 0 aliphatic rings. The van der Waals surface area contributed by atoms with Crippen molar-refractivity contribution in [2.24, 2.45) is 0 Å². The van der Waals surface area contributed by atoms with Crippen LogP contribution in [0.25, 0.3) is 11.1 Å². The van der Waals surface area contributed by atoms with Gasteiger partial charge in [0, 0.05) is 4.90 Å². The zero-order valence-electron chi connectivity index (χ0n) is 14.4. The fourth-order valence-corrected chi connectivity index (χ4v) is 3.04. The summed E-state index contributed by atoms with van der Waals surface area (Å²) >= 11 is 1.71. The minimum Gasteiger partial charge on any atom is -0.488 e. The van der Waals surface area contributed by atoms with Gasteiger partial charge in [0.2, 0.25) is 0 Å². The highest BCUT2D eigenvalue weighted by Crippen LogP contribution is 2.29. The Hall–Kier alpha value is -2.52. The van der Waals surface area contributed by atoms with Crippen LogP contribution in [0, 0.1) is 0 Å². The standard InChI is InChI=1S/C22H20O2S/c1-16(23)21-14-19(18-8-11-20(25-2)12-9-18)10-13-22(21)24-15-17-6-4-3-5-7-17/h3-14H,15H2,1-2H3. The van der Waals surface area contributed by atoms with E-state index in [0.29, 0.717) is 17.9 Å². The second-order valence-corrected chi connectivity index (χ2v) is 6.65. The number of Topliss-reactive ketones (excluding diaryl/α,β-unsaturated/α-hetero) is 1. The first kappa shape index (κ1) is 17.3. The van der Waals surface area contributed by atoms with Crippen LogP contribution in [0.4, 0.5) is 0 Å². The van der Waals surface area contributed by atoms with Crippen LogP contribution in [0.3, 0.4) is 0 Å². The lowest BCUT2D eigenvalue weighted by Gasteiger charge is -2.12. The van der Waals surface area contributed by atoms with E-state index < -0.39 is 0 Å². The van der Waals surface area contributed by atoms with Crippen molar-refractivity contribution in [3.05, 3.63) is 83.9 Å². The topological polar surface area (TPSA) is 26.3 Å². The fraction of sp³-hybridized carbons (Fsp3) is 0.136. The zero-order valence-corrected chi connectivity index (χ0v) is 15.2. The molecule has 0 atom stereocenters. The van der Waals surface area contributed by atoms with Gasteiger partial charge in [-0.05, 0) is 54.1 Å². The number of hydrogen-bond acceptors (Lipinski definition) is 3. The molecule has 0 amide bonds. The maximum atomic E-state index is 12.1. The lowest BCUT2D eigenvalue weighted by molar-refractivity contribution is 0.101. The van der Waals surface area contributed by atoms with Crippen LogP contribution in [-0.2, 0) is 6.61 Å². The van der Waals surface area contributed by atoms with Crippen molar-refractivity contribution in [3.8, 4) is 16.9 Å². The Morgan fingerprint density at radius 3 is 2.24 bits per heavy atom. The van der Waals surface area contributed by atoms with Crippen molar-refractivity contribution in [3.63, 3.8) is 0 Å². The largest absolute Gasteiger partial charge is 0.488 e. The van der Waals surface area contributed by atoms with Crippen molar-refractivity contribution in [2.75, 3.05) is 6.26 Å². The molecular formula is C22H20O2S. The van der Waals surface area contributed by atoms with Crippen molar-refractivity contribution < 1.29 is 9.53 Å². The molecule has 3 rings (SSSR count). The normalized spacial score (nSPS) is 10.5. The Morgan fingerprint density at radius 2 is 1.60 bits per heavy atom. The second-order valence-electron chi connectivity index (χ2n) is 5.77. The quantitative estimate of drug-likeness (QED) is 0.412. The first-order valence-corrected chi connectivity index (χ1v) is 9.36. The van der Waals surface area contributed by atoms with E-state index in [1.165, 1.54) is 4.90 Å². The van der Waals surface area contributed by atoms with Gasteiger partial charge in [-0.2, -0.15) is 0 Å². The van der Waals surface area contributed by atoms with Crippen LogP contribution < -0.4 is 4.74 Å². The van der Waals surface area contributed by atoms with Crippen molar-refractivity contribution >= 4 is 17.5 Å². The van der Waals surface area contributed by atoms with Crippen LogP contribution >= 0.6 is 11.8 Å². The number of carbonyl (C=O) groups excluding carboxylic acids is 1. The van der Waals surface area contributed by atoms with Gasteiger partial charge in [-0.1, -0.05) is 48.5 Å². The summed E-state index contributed by atoms with van der Waals surface area (Å²) < 4.78 is 5.89. The van der Waals surface area contributed by atoms with E-state index >= 15 is 0 Å². The number of benzene rings is 3. The third-order valence-corrected chi connectivity index (χ3v) is 4.76. The molecule has 3 aromatic rings. The van der Waals surface area contributed by atoms with Crippen LogP contribution in [-0.4, -0.2) is 12.0 Å². The van der Waals surface area contributed by atoms with Crippen LogP contribution in [0.1, 0.15) is 22.8 Å². The van der Waals surface area contributed by atoms with Crippen LogP contribution in [0.15, 0.2) is 77.7 Å². The third kappa shape index (κ3) is 4.31. The molecule has 0 spiro atoms. The van der Waals surface area contributed by atoms with Gasteiger partial charge in [-0.25, -0.2) is 0 Å². The SMILES string of the molecule is CSc1ccc(-c2ccc(OCc3ccccc3)c(C(C)=O)c2)cc1. The average molecular weight is 348 g/mol. The molecule has 25 heavy (non-hydrogen) atoms. The summed E-state index contributed by atoms with van der Waals surface area (Å²) in [4.78, 5) is 13.3. The van der Waals surface area contributed by atoms with Gasteiger partial charge in [0.25, 0.3) is 0 Å². The molecule has 0 unspecified atom stereocenters. The molecule has 3 aromatic carbocycles. The Morgan fingerprint density at radius 1 is 0.920 bits per heavy atom. The average Bonchev–Trinajstić information content (AvgIpc) is 2.67. The van der Waals surface area contributed by atoms with E-state index in [0.717, 1.165) is 16.7 Å². The maximum Gasteiger partial charge on any atom is 0.163 e. The first-order valence-electron chi connectivity index (χ1n) is 8.13. The molecule has 0 saturated carbocycles. The Balaban J connectivity index is 1.86. The van der Waals surface area contributed by atoms with Crippen molar-refractivity contribution in [1.29, 1.82) is 0 Å². The minimum absolute atomic E-state index is 0.00523. The van der Waals surface area contributed by atoms with Gasteiger partial charge in [0.15, 0.2) is 5.78 Å². The van der Waals surface area contributed by atoms with E-state index in [1.54, 1.807) is 18.7 Å². The first-order chi connectivity index (χ1) is 12.2. The van der Waals surface area contributed by atoms with E-state index in [2.05, 4.69) is 30.5 Å². The van der Waals surface area contributed by atoms with Crippen molar-refractivity contribution in [2.45, 2.75) is 18.4 Å². The van der Waals surface area contributed by atoms with Gasteiger partial charge in [-0.3, -0.25) is 4.79 Å². The highest BCUT2D eigenvalue weighted by Gasteiger charge is 2.11. The number of ether oxygens (including phenoxy) is 1. The Kier molecular flexibility index (Phi) is 5.56. The Bertz CT molecular complexity index is 855. The molecule has 0 N–H and O–H groups in total. The summed E-state index contributed by atoms with van der Waals surface area (Å²) in [6, 6.07) is 24.1. The molecule has 2 nitrogen and oxygen atoms in total. The number of ketones is 1. The molecule has 0 aliphatic heterocycles. The molecule has 126 valence electrons. The van der Waals surface area contributed by atoms with Crippen LogP contribution in [0.5, 0.6) is 5.75 Å². The highest BCUT2D eigenvalue weighted by atomic mass is 32.2. The zero-order chi connectivity index (χ0) is 17.6. The molecule has 3 heteroatoms. The molecule has 0 aromatic heterocycles. The maximum absolute atomic E-state index is 12.1.